The third-order valence-corrected chi connectivity index (χ3v) is 4.38. The molecule has 0 amide bonds. The fourth-order valence-corrected chi connectivity index (χ4v) is 3.35. The van der Waals surface area contributed by atoms with Crippen molar-refractivity contribution in [3.8, 4) is 5.75 Å². The van der Waals surface area contributed by atoms with Crippen molar-refractivity contribution in [2.24, 2.45) is 0 Å². The Morgan fingerprint density at radius 3 is 2.95 bits per heavy atom. The van der Waals surface area contributed by atoms with Crippen LogP contribution in [-0.2, 0) is 6.42 Å². The summed E-state index contributed by atoms with van der Waals surface area (Å²) >= 11 is 0. The van der Waals surface area contributed by atoms with Crippen LogP contribution in [0.15, 0.2) is 18.2 Å². The first kappa shape index (κ1) is 13.7. The van der Waals surface area contributed by atoms with Gasteiger partial charge in [-0.3, -0.25) is 0 Å². The van der Waals surface area contributed by atoms with E-state index in [0.29, 0.717) is 12.1 Å². The molecular formula is C17H26N2O. The minimum atomic E-state index is 0.271. The van der Waals surface area contributed by atoms with Gasteiger partial charge in [0.25, 0.3) is 0 Å². The van der Waals surface area contributed by atoms with E-state index >= 15 is 0 Å². The minimum absolute atomic E-state index is 0.271. The van der Waals surface area contributed by atoms with Gasteiger partial charge < -0.3 is 15.0 Å². The number of rotatable bonds is 3. The second-order valence-corrected chi connectivity index (χ2v) is 6.47. The Labute approximate surface area is 122 Å². The summed E-state index contributed by atoms with van der Waals surface area (Å²) in [5.41, 5.74) is 2.69. The van der Waals surface area contributed by atoms with Gasteiger partial charge in [0, 0.05) is 12.1 Å². The van der Waals surface area contributed by atoms with E-state index in [1.165, 1.54) is 30.6 Å². The Balaban J connectivity index is 1.83. The number of nitrogens with zero attached hydrogens (tertiary/aromatic N) is 1. The topological polar surface area (TPSA) is 24.5 Å². The molecule has 2 heterocycles. The number of ether oxygens (including phenoxy) is 1. The van der Waals surface area contributed by atoms with Gasteiger partial charge >= 0.3 is 0 Å². The molecule has 3 nitrogen and oxygen atoms in total. The van der Waals surface area contributed by atoms with Crippen LogP contribution in [0.1, 0.15) is 39.2 Å². The number of fused-ring (bicyclic) bond motifs is 1. The average Bonchev–Trinajstić information content (AvgIpc) is 2.91. The van der Waals surface area contributed by atoms with E-state index in [1.807, 2.05) is 0 Å². The maximum absolute atomic E-state index is 5.98. The number of nitrogens with one attached hydrogen (secondary N) is 1. The molecule has 2 aliphatic heterocycles. The van der Waals surface area contributed by atoms with E-state index in [-0.39, 0.29) is 6.10 Å². The Morgan fingerprint density at radius 2 is 2.25 bits per heavy atom. The van der Waals surface area contributed by atoms with Crippen molar-refractivity contribution in [2.75, 3.05) is 18.0 Å². The molecule has 1 aromatic carbocycles. The normalized spacial score (nSPS) is 25.7. The minimum Gasteiger partial charge on any atom is -0.487 e. The van der Waals surface area contributed by atoms with Gasteiger partial charge in [-0.2, -0.15) is 0 Å². The van der Waals surface area contributed by atoms with E-state index in [0.717, 1.165) is 18.7 Å². The van der Waals surface area contributed by atoms with Crippen molar-refractivity contribution in [1.29, 1.82) is 0 Å². The highest BCUT2D eigenvalue weighted by Gasteiger charge is 2.25. The number of anilines is 1. The molecule has 0 bridgehead atoms. The van der Waals surface area contributed by atoms with Gasteiger partial charge in [0.2, 0.25) is 0 Å². The SMILES string of the molecule is CC1CN(C(C)C)c2cc(CC3CCCN3)ccc2O1. The van der Waals surface area contributed by atoms with Crippen LogP contribution < -0.4 is 15.0 Å². The van der Waals surface area contributed by atoms with Crippen molar-refractivity contribution >= 4 is 5.69 Å². The van der Waals surface area contributed by atoms with Gasteiger partial charge in [-0.15, -0.1) is 0 Å². The first-order chi connectivity index (χ1) is 9.63. The lowest BCUT2D eigenvalue weighted by molar-refractivity contribution is 0.209. The van der Waals surface area contributed by atoms with E-state index in [2.05, 4.69) is 49.2 Å². The molecule has 3 heteroatoms. The molecule has 0 aliphatic carbocycles. The monoisotopic (exact) mass is 274 g/mol. The van der Waals surface area contributed by atoms with Crippen molar-refractivity contribution in [3.05, 3.63) is 23.8 Å². The van der Waals surface area contributed by atoms with Crippen LogP contribution in [-0.4, -0.2) is 31.3 Å². The molecule has 2 atom stereocenters. The van der Waals surface area contributed by atoms with Gasteiger partial charge in [-0.1, -0.05) is 6.07 Å². The summed E-state index contributed by atoms with van der Waals surface area (Å²) in [5.74, 6) is 1.04. The quantitative estimate of drug-likeness (QED) is 0.917. The van der Waals surface area contributed by atoms with Gasteiger partial charge in [0.1, 0.15) is 11.9 Å². The molecule has 0 spiro atoms. The number of benzene rings is 1. The number of hydrogen-bond donors (Lipinski definition) is 1. The fourth-order valence-electron chi connectivity index (χ4n) is 3.35. The lowest BCUT2D eigenvalue weighted by Gasteiger charge is -2.38. The predicted octanol–water partition coefficient (Wildman–Crippen LogP) is 2.98. The van der Waals surface area contributed by atoms with Gasteiger partial charge in [-0.25, -0.2) is 0 Å². The highest BCUT2D eigenvalue weighted by molar-refractivity contribution is 5.62. The molecule has 0 saturated carbocycles. The summed E-state index contributed by atoms with van der Waals surface area (Å²) < 4.78 is 5.98. The maximum Gasteiger partial charge on any atom is 0.143 e. The molecule has 0 aromatic heterocycles. The Morgan fingerprint density at radius 1 is 1.40 bits per heavy atom. The lowest BCUT2D eigenvalue weighted by Crippen LogP contribution is -2.42. The van der Waals surface area contributed by atoms with Crippen molar-refractivity contribution in [1.82, 2.24) is 5.32 Å². The Hall–Kier alpha value is -1.22. The van der Waals surface area contributed by atoms with Gasteiger partial charge in [0.05, 0.1) is 12.2 Å². The Bertz CT molecular complexity index is 466. The Kier molecular flexibility index (Phi) is 3.88. The van der Waals surface area contributed by atoms with E-state index in [1.54, 1.807) is 0 Å². The molecule has 1 saturated heterocycles. The van der Waals surface area contributed by atoms with Gasteiger partial charge in [0.15, 0.2) is 0 Å². The van der Waals surface area contributed by atoms with Crippen LogP contribution in [0.25, 0.3) is 0 Å². The zero-order valence-electron chi connectivity index (χ0n) is 12.9. The summed E-state index contributed by atoms with van der Waals surface area (Å²) in [4.78, 5) is 2.47. The second kappa shape index (κ2) is 5.65. The highest BCUT2D eigenvalue weighted by Crippen LogP contribution is 2.35. The first-order valence-electron chi connectivity index (χ1n) is 7.93. The molecule has 2 unspecified atom stereocenters. The molecule has 1 N–H and O–H groups in total. The molecule has 0 radical (unpaired) electrons. The highest BCUT2D eigenvalue weighted by atomic mass is 16.5. The third kappa shape index (κ3) is 2.78. The smallest absolute Gasteiger partial charge is 0.143 e. The van der Waals surface area contributed by atoms with Crippen LogP contribution in [0.4, 0.5) is 5.69 Å². The van der Waals surface area contributed by atoms with E-state index < -0.39 is 0 Å². The average molecular weight is 274 g/mol. The molecule has 110 valence electrons. The van der Waals surface area contributed by atoms with Gasteiger partial charge in [-0.05, 0) is 64.3 Å². The van der Waals surface area contributed by atoms with Crippen molar-refractivity contribution in [2.45, 2.75) is 58.2 Å². The molecule has 20 heavy (non-hydrogen) atoms. The maximum atomic E-state index is 5.98. The summed E-state index contributed by atoms with van der Waals surface area (Å²) in [6.07, 6.45) is 4.02. The molecule has 2 aliphatic rings. The first-order valence-corrected chi connectivity index (χ1v) is 7.93. The predicted molar refractivity (Wildman–Crippen MR) is 83.7 cm³/mol. The summed E-state index contributed by atoms with van der Waals surface area (Å²) in [5, 5.41) is 3.58. The van der Waals surface area contributed by atoms with Crippen LogP contribution in [0.2, 0.25) is 0 Å². The lowest BCUT2D eigenvalue weighted by atomic mass is 10.0. The summed E-state index contributed by atoms with van der Waals surface area (Å²) in [6, 6.07) is 7.89. The molecular weight excluding hydrogens is 248 g/mol. The summed E-state index contributed by atoms with van der Waals surface area (Å²) in [6.45, 7) is 8.82. The van der Waals surface area contributed by atoms with Crippen LogP contribution in [0.5, 0.6) is 5.75 Å². The second-order valence-electron chi connectivity index (χ2n) is 6.47. The summed E-state index contributed by atoms with van der Waals surface area (Å²) in [7, 11) is 0. The zero-order valence-corrected chi connectivity index (χ0v) is 12.9. The third-order valence-electron chi connectivity index (χ3n) is 4.38. The number of hydrogen-bond acceptors (Lipinski definition) is 3. The molecule has 1 aromatic rings. The van der Waals surface area contributed by atoms with Crippen LogP contribution in [0.3, 0.4) is 0 Å². The molecule has 1 fully saturated rings. The fraction of sp³-hybridized carbons (Fsp3) is 0.647. The van der Waals surface area contributed by atoms with Crippen molar-refractivity contribution in [3.63, 3.8) is 0 Å². The van der Waals surface area contributed by atoms with Crippen LogP contribution >= 0.6 is 0 Å². The standard InChI is InChI=1S/C17H26N2O/c1-12(2)19-11-13(3)20-17-7-6-14(10-16(17)19)9-15-5-4-8-18-15/h6-7,10,12-13,15,18H,4-5,8-9,11H2,1-3H3. The van der Waals surface area contributed by atoms with Crippen LogP contribution in [0, 0.1) is 0 Å². The molecule has 3 rings (SSSR count). The van der Waals surface area contributed by atoms with E-state index in [4.69, 9.17) is 4.74 Å². The van der Waals surface area contributed by atoms with Crippen molar-refractivity contribution < 1.29 is 4.74 Å². The largest absolute Gasteiger partial charge is 0.487 e. The zero-order chi connectivity index (χ0) is 14.1. The van der Waals surface area contributed by atoms with E-state index in [9.17, 15) is 0 Å².